The second-order valence-corrected chi connectivity index (χ2v) is 9.08. The van der Waals surface area contributed by atoms with Gasteiger partial charge in [0.1, 0.15) is 11.3 Å². The predicted molar refractivity (Wildman–Crippen MR) is 133 cm³/mol. The molecule has 3 aromatic rings. The Morgan fingerprint density at radius 1 is 1.29 bits per heavy atom. The third-order valence-electron chi connectivity index (χ3n) is 6.17. The van der Waals surface area contributed by atoms with E-state index in [2.05, 4.69) is 9.88 Å². The van der Waals surface area contributed by atoms with Crippen molar-refractivity contribution in [1.82, 2.24) is 14.9 Å². The Kier molecular flexibility index (Phi) is 7.29. The molecule has 1 fully saturated rings. The van der Waals surface area contributed by atoms with Crippen molar-refractivity contribution < 1.29 is 14.6 Å². The van der Waals surface area contributed by atoms with Crippen LogP contribution in [0.3, 0.4) is 0 Å². The molecule has 0 aliphatic carbocycles. The van der Waals surface area contributed by atoms with Gasteiger partial charge < -0.3 is 25.4 Å². The van der Waals surface area contributed by atoms with Crippen LogP contribution in [0.2, 0.25) is 0 Å². The first kappa shape index (κ1) is 23.9. The van der Waals surface area contributed by atoms with Crippen molar-refractivity contribution in [3.8, 4) is 5.75 Å². The van der Waals surface area contributed by atoms with E-state index in [1.807, 2.05) is 31.2 Å². The number of anilines is 1. The highest BCUT2D eigenvalue weighted by molar-refractivity contribution is 5.94. The van der Waals surface area contributed by atoms with E-state index in [0.29, 0.717) is 37.4 Å². The third-order valence-corrected chi connectivity index (χ3v) is 6.17. The highest BCUT2D eigenvalue weighted by Crippen LogP contribution is 2.31. The van der Waals surface area contributed by atoms with Gasteiger partial charge in [-0.2, -0.15) is 0 Å². The molecule has 0 spiro atoms. The van der Waals surface area contributed by atoms with Gasteiger partial charge in [0.25, 0.3) is 5.91 Å². The lowest BCUT2D eigenvalue weighted by Crippen LogP contribution is -2.54. The highest BCUT2D eigenvalue weighted by atomic mass is 16.5. The summed E-state index contributed by atoms with van der Waals surface area (Å²) < 4.78 is 5.68. The maximum absolute atomic E-state index is 13.1. The SMILES string of the molecule is Cc1ccc2nccc(N3CCCC(O)(CN(C)C(=O)c4cccc(OCCCN)c4)C3)c2n1. The molecule has 1 aliphatic rings. The van der Waals surface area contributed by atoms with Gasteiger partial charge in [-0.25, -0.2) is 4.98 Å². The second kappa shape index (κ2) is 10.4. The minimum atomic E-state index is -1.03. The van der Waals surface area contributed by atoms with Gasteiger partial charge >= 0.3 is 0 Å². The molecule has 34 heavy (non-hydrogen) atoms. The Balaban J connectivity index is 1.47. The Bertz CT molecular complexity index is 1150. The van der Waals surface area contributed by atoms with Crippen LogP contribution in [0.1, 0.15) is 35.3 Å². The monoisotopic (exact) mass is 463 g/mol. The van der Waals surface area contributed by atoms with E-state index in [1.54, 1.807) is 36.3 Å². The Labute approximate surface area is 200 Å². The number of carbonyl (C=O) groups is 1. The first-order valence-corrected chi connectivity index (χ1v) is 11.8. The van der Waals surface area contributed by atoms with Crippen molar-refractivity contribution in [2.45, 2.75) is 31.8 Å². The van der Waals surface area contributed by atoms with Gasteiger partial charge in [0, 0.05) is 37.6 Å². The summed E-state index contributed by atoms with van der Waals surface area (Å²) in [7, 11) is 1.73. The first-order valence-electron chi connectivity index (χ1n) is 11.8. The molecule has 1 aliphatic heterocycles. The van der Waals surface area contributed by atoms with E-state index < -0.39 is 5.60 Å². The number of β-amino-alcohol motifs (C(OH)–C–C–N with tert-alkyl or cyclic N) is 1. The van der Waals surface area contributed by atoms with Crippen molar-refractivity contribution >= 4 is 22.6 Å². The summed E-state index contributed by atoms with van der Waals surface area (Å²) in [5, 5.41) is 11.5. The van der Waals surface area contributed by atoms with E-state index in [-0.39, 0.29) is 12.5 Å². The topological polar surface area (TPSA) is 105 Å². The molecular formula is C26H33N5O3. The zero-order valence-corrected chi connectivity index (χ0v) is 19.9. The zero-order valence-electron chi connectivity index (χ0n) is 19.9. The van der Waals surface area contributed by atoms with Crippen LogP contribution in [0.15, 0.2) is 48.7 Å². The molecule has 3 N–H and O–H groups in total. The number of aliphatic hydroxyl groups is 1. The van der Waals surface area contributed by atoms with Crippen molar-refractivity contribution in [1.29, 1.82) is 0 Å². The van der Waals surface area contributed by atoms with Crippen LogP contribution in [0.5, 0.6) is 5.75 Å². The molecule has 2 aromatic heterocycles. The number of hydrogen-bond donors (Lipinski definition) is 2. The first-order chi connectivity index (χ1) is 16.4. The molecule has 0 saturated carbocycles. The lowest BCUT2D eigenvalue weighted by molar-refractivity contribution is 0.0000577. The molecule has 1 saturated heterocycles. The Morgan fingerprint density at radius 3 is 2.97 bits per heavy atom. The minimum absolute atomic E-state index is 0.151. The summed E-state index contributed by atoms with van der Waals surface area (Å²) >= 11 is 0. The molecule has 0 bridgehead atoms. The summed E-state index contributed by atoms with van der Waals surface area (Å²) in [5.41, 5.74) is 8.57. The van der Waals surface area contributed by atoms with Gasteiger partial charge in [-0.05, 0) is 69.1 Å². The van der Waals surface area contributed by atoms with Crippen LogP contribution >= 0.6 is 0 Å². The summed E-state index contributed by atoms with van der Waals surface area (Å²) in [6.45, 7) is 4.50. The number of amides is 1. The number of nitrogens with zero attached hydrogens (tertiary/aromatic N) is 4. The third kappa shape index (κ3) is 5.46. The standard InChI is InChI=1S/C26H33N5O3/c1-19-8-9-22-24(29-19)23(10-13-28-22)31-14-4-11-26(33,18-31)17-30(2)25(32)20-6-3-7-21(16-20)34-15-5-12-27/h3,6-10,13,16,33H,4-5,11-12,14-15,17-18,27H2,1-2H3. The quantitative estimate of drug-likeness (QED) is 0.495. The second-order valence-electron chi connectivity index (χ2n) is 9.08. The Hall–Kier alpha value is -3.23. The summed E-state index contributed by atoms with van der Waals surface area (Å²) in [5.74, 6) is 0.490. The normalized spacial score (nSPS) is 18.2. The Morgan fingerprint density at radius 2 is 2.15 bits per heavy atom. The van der Waals surface area contributed by atoms with Crippen LogP contribution < -0.4 is 15.4 Å². The number of fused-ring (bicyclic) bond motifs is 1. The summed E-state index contributed by atoms with van der Waals surface area (Å²) in [6, 6.07) is 13.0. The molecule has 0 radical (unpaired) electrons. The van der Waals surface area contributed by atoms with Crippen molar-refractivity contribution in [2.75, 3.05) is 44.7 Å². The molecule has 1 aromatic carbocycles. The number of carbonyl (C=O) groups excluding carboxylic acids is 1. The molecule has 4 rings (SSSR count). The van der Waals surface area contributed by atoms with Crippen molar-refractivity contribution in [3.63, 3.8) is 0 Å². The molecule has 3 heterocycles. The van der Waals surface area contributed by atoms with E-state index in [4.69, 9.17) is 15.5 Å². The maximum atomic E-state index is 13.1. The predicted octanol–water partition coefficient (Wildman–Crippen LogP) is 2.77. The van der Waals surface area contributed by atoms with Crippen LogP contribution in [-0.4, -0.2) is 71.3 Å². The van der Waals surface area contributed by atoms with Crippen molar-refractivity contribution in [3.05, 3.63) is 59.9 Å². The average Bonchev–Trinajstić information content (AvgIpc) is 2.83. The number of hydrogen-bond acceptors (Lipinski definition) is 7. The molecule has 180 valence electrons. The van der Waals surface area contributed by atoms with Gasteiger partial charge in [0.05, 0.1) is 30.0 Å². The minimum Gasteiger partial charge on any atom is -0.494 e. The van der Waals surface area contributed by atoms with E-state index in [0.717, 1.165) is 41.8 Å². The number of aromatic nitrogens is 2. The highest BCUT2D eigenvalue weighted by Gasteiger charge is 2.36. The van der Waals surface area contributed by atoms with Gasteiger partial charge in [0.15, 0.2) is 0 Å². The van der Waals surface area contributed by atoms with Crippen LogP contribution in [0.4, 0.5) is 5.69 Å². The molecule has 1 unspecified atom stereocenters. The smallest absolute Gasteiger partial charge is 0.253 e. The molecule has 8 nitrogen and oxygen atoms in total. The van der Waals surface area contributed by atoms with Crippen molar-refractivity contribution in [2.24, 2.45) is 5.73 Å². The van der Waals surface area contributed by atoms with Crippen LogP contribution in [0, 0.1) is 6.92 Å². The largest absolute Gasteiger partial charge is 0.494 e. The molecule has 8 heteroatoms. The van der Waals surface area contributed by atoms with Crippen LogP contribution in [0.25, 0.3) is 11.0 Å². The van der Waals surface area contributed by atoms with Gasteiger partial charge in [-0.1, -0.05) is 6.07 Å². The summed E-state index contributed by atoms with van der Waals surface area (Å²) in [4.78, 5) is 26.0. The fourth-order valence-electron chi connectivity index (χ4n) is 4.54. The van der Waals surface area contributed by atoms with Gasteiger partial charge in [-0.3, -0.25) is 9.78 Å². The molecular weight excluding hydrogens is 430 g/mol. The molecule has 1 amide bonds. The fourth-order valence-corrected chi connectivity index (χ4v) is 4.54. The van der Waals surface area contributed by atoms with Gasteiger partial charge in [0.2, 0.25) is 0 Å². The lowest BCUT2D eigenvalue weighted by Gasteiger charge is -2.42. The van der Waals surface area contributed by atoms with Crippen LogP contribution in [-0.2, 0) is 0 Å². The number of pyridine rings is 2. The molecule has 1 atom stereocenters. The van der Waals surface area contributed by atoms with E-state index >= 15 is 0 Å². The number of benzene rings is 1. The van der Waals surface area contributed by atoms with Gasteiger partial charge in [-0.15, -0.1) is 0 Å². The van der Waals surface area contributed by atoms with E-state index in [9.17, 15) is 9.90 Å². The number of piperidine rings is 1. The maximum Gasteiger partial charge on any atom is 0.253 e. The number of nitrogens with two attached hydrogens (primary N) is 1. The lowest BCUT2D eigenvalue weighted by atomic mass is 9.91. The zero-order chi connectivity index (χ0) is 24.1. The van der Waals surface area contributed by atoms with E-state index in [1.165, 1.54) is 0 Å². The fraction of sp³-hybridized carbons (Fsp3) is 0.423. The number of aryl methyl sites for hydroxylation is 1. The summed E-state index contributed by atoms with van der Waals surface area (Å²) in [6.07, 6.45) is 3.97. The number of rotatable bonds is 8. The average molecular weight is 464 g/mol. The number of likely N-dealkylation sites (N-methyl/N-ethyl adjacent to an activating group) is 1. The number of ether oxygens (including phenoxy) is 1.